The third-order valence-corrected chi connectivity index (χ3v) is 2.37. The minimum atomic E-state index is -0.371. The molecule has 1 rings (SSSR count). The van der Waals surface area contributed by atoms with Crippen LogP contribution in [-0.2, 0) is 0 Å². The van der Waals surface area contributed by atoms with Gasteiger partial charge < -0.3 is 10.6 Å². The fraction of sp³-hybridized carbons (Fsp3) is 0.364. The second-order valence-electron chi connectivity index (χ2n) is 3.21. The van der Waals surface area contributed by atoms with Crippen LogP contribution in [0.25, 0.3) is 0 Å². The van der Waals surface area contributed by atoms with Gasteiger partial charge in [0.1, 0.15) is 0 Å². The lowest BCUT2D eigenvalue weighted by atomic mass is 10.1. The zero-order valence-corrected chi connectivity index (χ0v) is 8.60. The van der Waals surface area contributed by atoms with Gasteiger partial charge in [-0.2, -0.15) is 0 Å². The zero-order valence-electron chi connectivity index (χ0n) is 8.60. The van der Waals surface area contributed by atoms with Crippen LogP contribution in [0.5, 0.6) is 0 Å². The molecule has 0 aliphatic carbocycles. The molecule has 0 aliphatic heterocycles. The fourth-order valence-corrected chi connectivity index (χ4v) is 1.53. The first-order chi connectivity index (χ1) is 6.66. The Balaban J connectivity index is 2.83. The summed E-state index contributed by atoms with van der Waals surface area (Å²) in [5.41, 5.74) is 6.38. The summed E-state index contributed by atoms with van der Waals surface area (Å²) >= 11 is 0. The molecular formula is C11H16N2O. The first-order valence-electron chi connectivity index (χ1n) is 4.77. The van der Waals surface area contributed by atoms with Gasteiger partial charge in [-0.15, -0.1) is 0 Å². The summed E-state index contributed by atoms with van der Waals surface area (Å²) in [6.07, 6.45) is 0. The maximum atomic E-state index is 11.1. The summed E-state index contributed by atoms with van der Waals surface area (Å²) < 4.78 is 0. The lowest BCUT2D eigenvalue weighted by Crippen LogP contribution is -2.37. The second-order valence-corrected chi connectivity index (χ2v) is 3.21. The Kier molecular flexibility index (Phi) is 3.51. The Morgan fingerprint density at radius 1 is 1.43 bits per heavy atom. The van der Waals surface area contributed by atoms with E-state index in [1.54, 1.807) is 4.90 Å². The predicted octanol–water partition coefficient (Wildman–Crippen LogP) is 2.15. The van der Waals surface area contributed by atoms with E-state index >= 15 is 0 Å². The Hall–Kier alpha value is -1.51. The SMILES string of the molecule is CCN(C(N)=O)C(C)c1ccccc1. The van der Waals surface area contributed by atoms with E-state index in [-0.39, 0.29) is 12.1 Å². The Morgan fingerprint density at radius 2 is 2.00 bits per heavy atom. The topological polar surface area (TPSA) is 46.3 Å². The zero-order chi connectivity index (χ0) is 10.6. The third-order valence-electron chi connectivity index (χ3n) is 2.37. The van der Waals surface area contributed by atoms with Gasteiger partial charge in [0.25, 0.3) is 0 Å². The van der Waals surface area contributed by atoms with Crippen LogP contribution in [0, 0.1) is 0 Å². The summed E-state index contributed by atoms with van der Waals surface area (Å²) in [7, 11) is 0. The van der Waals surface area contributed by atoms with Gasteiger partial charge in [-0.3, -0.25) is 0 Å². The van der Waals surface area contributed by atoms with Gasteiger partial charge in [-0.25, -0.2) is 4.79 Å². The Morgan fingerprint density at radius 3 is 2.43 bits per heavy atom. The molecule has 2 N–H and O–H groups in total. The van der Waals surface area contributed by atoms with Crippen LogP contribution >= 0.6 is 0 Å². The Labute approximate surface area is 84.5 Å². The number of hydrogen-bond acceptors (Lipinski definition) is 1. The number of primary amides is 1. The molecule has 1 aromatic carbocycles. The van der Waals surface area contributed by atoms with E-state index in [4.69, 9.17) is 5.73 Å². The van der Waals surface area contributed by atoms with Crippen molar-refractivity contribution in [2.75, 3.05) is 6.54 Å². The average molecular weight is 192 g/mol. The van der Waals surface area contributed by atoms with E-state index in [0.717, 1.165) is 5.56 Å². The predicted molar refractivity (Wildman–Crippen MR) is 56.8 cm³/mol. The molecule has 1 unspecified atom stereocenters. The van der Waals surface area contributed by atoms with E-state index < -0.39 is 0 Å². The van der Waals surface area contributed by atoms with E-state index in [9.17, 15) is 4.79 Å². The molecule has 0 saturated carbocycles. The molecule has 3 nitrogen and oxygen atoms in total. The number of hydrogen-bond donors (Lipinski definition) is 1. The number of carbonyl (C=O) groups excluding carboxylic acids is 1. The molecule has 0 aliphatic rings. The lowest BCUT2D eigenvalue weighted by Gasteiger charge is -2.26. The molecule has 0 saturated heterocycles. The van der Waals surface area contributed by atoms with Crippen molar-refractivity contribution in [2.45, 2.75) is 19.9 Å². The number of benzene rings is 1. The van der Waals surface area contributed by atoms with Crippen molar-refractivity contribution in [3.63, 3.8) is 0 Å². The van der Waals surface area contributed by atoms with Crippen molar-refractivity contribution in [1.29, 1.82) is 0 Å². The molecule has 2 amide bonds. The summed E-state index contributed by atoms with van der Waals surface area (Å²) in [5.74, 6) is 0. The number of amides is 2. The smallest absolute Gasteiger partial charge is 0.315 e. The number of nitrogens with zero attached hydrogens (tertiary/aromatic N) is 1. The van der Waals surface area contributed by atoms with Crippen molar-refractivity contribution in [1.82, 2.24) is 4.90 Å². The maximum absolute atomic E-state index is 11.1. The van der Waals surface area contributed by atoms with Gasteiger partial charge in [0, 0.05) is 6.54 Å². The lowest BCUT2D eigenvalue weighted by molar-refractivity contribution is 0.192. The number of nitrogens with two attached hydrogens (primary N) is 1. The molecule has 0 fully saturated rings. The van der Waals surface area contributed by atoms with Crippen LogP contribution in [0.1, 0.15) is 25.5 Å². The maximum Gasteiger partial charge on any atom is 0.315 e. The molecular weight excluding hydrogens is 176 g/mol. The molecule has 76 valence electrons. The highest BCUT2D eigenvalue weighted by atomic mass is 16.2. The third kappa shape index (κ3) is 2.25. The minimum absolute atomic E-state index is 0.0405. The van der Waals surface area contributed by atoms with Gasteiger partial charge in [0.15, 0.2) is 0 Å². The van der Waals surface area contributed by atoms with Gasteiger partial charge >= 0.3 is 6.03 Å². The van der Waals surface area contributed by atoms with Crippen molar-refractivity contribution in [2.24, 2.45) is 5.73 Å². The molecule has 0 bridgehead atoms. The monoisotopic (exact) mass is 192 g/mol. The highest BCUT2D eigenvalue weighted by molar-refractivity contribution is 5.72. The summed E-state index contributed by atoms with van der Waals surface area (Å²) in [6.45, 7) is 4.53. The summed E-state index contributed by atoms with van der Waals surface area (Å²) in [4.78, 5) is 12.7. The number of urea groups is 1. The first-order valence-corrected chi connectivity index (χ1v) is 4.77. The highest BCUT2D eigenvalue weighted by Crippen LogP contribution is 2.18. The molecule has 14 heavy (non-hydrogen) atoms. The van der Waals surface area contributed by atoms with Crippen molar-refractivity contribution < 1.29 is 4.79 Å². The van der Waals surface area contributed by atoms with Crippen LogP contribution in [-0.4, -0.2) is 17.5 Å². The van der Waals surface area contributed by atoms with Gasteiger partial charge in [-0.1, -0.05) is 30.3 Å². The van der Waals surface area contributed by atoms with E-state index in [1.807, 2.05) is 44.2 Å². The minimum Gasteiger partial charge on any atom is -0.351 e. The van der Waals surface area contributed by atoms with Crippen LogP contribution < -0.4 is 5.73 Å². The Bertz CT molecular complexity index is 297. The normalized spacial score (nSPS) is 12.1. The highest BCUT2D eigenvalue weighted by Gasteiger charge is 2.16. The standard InChI is InChI=1S/C11H16N2O/c1-3-13(11(12)14)9(2)10-7-5-4-6-8-10/h4-9H,3H2,1-2H3,(H2,12,14). The molecule has 1 atom stereocenters. The summed E-state index contributed by atoms with van der Waals surface area (Å²) in [5, 5.41) is 0. The van der Waals surface area contributed by atoms with Gasteiger partial charge in [-0.05, 0) is 19.4 Å². The fourth-order valence-electron chi connectivity index (χ4n) is 1.53. The first kappa shape index (κ1) is 10.6. The summed E-state index contributed by atoms with van der Waals surface area (Å²) in [6, 6.07) is 9.53. The van der Waals surface area contributed by atoms with E-state index in [2.05, 4.69) is 0 Å². The average Bonchev–Trinajstić information content (AvgIpc) is 2.19. The van der Waals surface area contributed by atoms with Crippen molar-refractivity contribution in [3.05, 3.63) is 35.9 Å². The molecule has 0 heterocycles. The van der Waals surface area contributed by atoms with Gasteiger partial charge in [0.2, 0.25) is 0 Å². The molecule has 1 aromatic rings. The molecule has 0 radical (unpaired) electrons. The molecule has 0 spiro atoms. The van der Waals surface area contributed by atoms with Crippen molar-refractivity contribution >= 4 is 6.03 Å². The van der Waals surface area contributed by atoms with Gasteiger partial charge in [0.05, 0.1) is 6.04 Å². The van der Waals surface area contributed by atoms with E-state index in [1.165, 1.54) is 0 Å². The number of carbonyl (C=O) groups is 1. The molecule has 3 heteroatoms. The van der Waals surface area contributed by atoms with Crippen LogP contribution in [0.2, 0.25) is 0 Å². The van der Waals surface area contributed by atoms with Crippen molar-refractivity contribution in [3.8, 4) is 0 Å². The van der Waals surface area contributed by atoms with Crippen LogP contribution in [0.4, 0.5) is 4.79 Å². The largest absolute Gasteiger partial charge is 0.351 e. The molecule has 0 aromatic heterocycles. The van der Waals surface area contributed by atoms with E-state index in [0.29, 0.717) is 6.54 Å². The quantitative estimate of drug-likeness (QED) is 0.783. The second kappa shape index (κ2) is 4.65. The van der Waals surface area contributed by atoms with Crippen LogP contribution in [0.15, 0.2) is 30.3 Å². The number of rotatable bonds is 3. The van der Waals surface area contributed by atoms with Crippen LogP contribution in [0.3, 0.4) is 0 Å².